The van der Waals surface area contributed by atoms with Crippen LogP contribution in [0.3, 0.4) is 0 Å². The predicted octanol–water partition coefficient (Wildman–Crippen LogP) is 6.70. The Hall–Kier alpha value is -2.00. The Balaban J connectivity index is 1.72. The molecule has 0 aromatic rings. The first-order valence-corrected chi connectivity index (χ1v) is 18.6. The maximum atomic E-state index is 12.7. The van der Waals surface area contributed by atoms with Gasteiger partial charge in [-0.3, -0.25) is 4.79 Å². The van der Waals surface area contributed by atoms with Crippen molar-refractivity contribution in [1.29, 1.82) is 0 Å². The molecule has 0 aromatic heterocycles. The van der Waals surface area contributed by atoms with E-state index in [1.165, 1.54) is 0 Å². The number of ether oxygens (including phenoxy) is 2. The van der Waals surface area contributed by atoms with Gasteiger partial charge in [-0.25, -0.2) is 4.79 Å². The Labute approximate surface area is 295 Å². The van der Waals surface area contributed by atoms with Gasteiger partial charge < -0.3 is 29.9 Å². The van der Waals surface area contributed by atoms with Crippen molar-refractivity contribution >= 4 is 11.9 Å². The van der Waals surface area contributed by atoms with Crippen molar-refractivity contribution in [1.82, 2.24) is 0 Å². The number of fused-ring (bicyclic) bond motifs is 2. The van der Waals surface area contributed by atoms with Crippen LogP contribution in [-0.4, -0.2) is 70.0 Å². The summed E-state index contributed by atoms with van der Waals surface area (Å²) in [5.41, 5.74) is -2.70. The average Bonchev–Trinajstić information content (AvgIpc) is 3.04. The van der Waals surface area contributed by atoms with E-state index in [4.69, 9.17) is 9.47 Å². The van der Waals surface area contributed by atoms with Gasteiger partial charge >= 0.3 is 11.9 Å². The molecule has 49 heavy (non-hydrogen) atoms. The number of carbonyl (C=O) groups is 2. The van der Waals surface area contributed by atoms with Crippen molar-refractivity contribution in [3.63, 3.8) is 0 Å². The molecule has 0 bridgehead atoms. The smallest absolute Gasteiger partial charge is 0.333 e. The van der Waals surface area contributed by atoms with Crippen LogP contribution in [0.25, 0.3) is 0 Å². The molecule has 8 heteroatoms. The van der Waals surface area contributed by atoms with Crippen LogP contribution in [0.5, 0.6) is 0 Å². The number of hydrogen-bond donors (Lipinski definition) is 4. The molecule has 4 aliphatic carbocycles. The minimum atomic E-state index is -1.26. The van der Waals surface area contributed by atoms with Gasteiger partial charge in [-0.1, -0.05) is 59.8 Å². The minimum Gasteiger partial charge on any atom is -0.465 e. The van der Waals surface area contributed by atoms with Crippen molar-refractivity contribution in [3.05, 3.63) is 37.0 Å². The molecule has 12 atom stereocenters. The highest BCUT2D eigenvalue weighted by Gasteiger charge is 2.70. The highest BCUT2D eigenvalue weighted by atomic mass is 16.5. The van der Waals surface area contributed by atoms with E-state index >= 15 is 0 Å². The third-order valence-electron chi connectivity index (χ3n) is 15.1. The molecule has 4 aliphatic rings. The fraction of sp³-hybridized carbons (Fsp3) is 0.805. The van der Waals surface area contributed by atoms with Gasteiger partial charge in [0.25, 0.3) is 0 Å². The summed E-state index contributed by atoms with van der Waals surface area (Å²) in [5.74, 6) is -0.714. The van der Waals surface area contributed by atoms with Crippen molar-refractivity contribution in [2.75, 3.05) is 13.2 Å². The zero-order valence-corrected chi connectivity index (χ0v) is 31.6. The Kier molecular flexibility index (Phi) is 11.5. The SMILES string of the molecule is C=CCCC(=O)OC[C@@]12C(CC(C)(C)[C@@H](O)[C@@H]1O)C[C@](C)([C@]1(C)CCC3[C@](C)(CC[C@H](O)[C@]3(C)COC(=O)C(C)=CC)C1CC=C)C[C@H]2O. The predicted molar refractivity (Wildman–Crippen MR) is 191 cm³/mol. The molecule has 278 valence electrons. The molecular formula is C41H66O8. The molecule has 4 rings (SSSR count). The minimum absolute atomic E-state index is 0.0947. The number of carbonyl (C=O) groups excluding carboxylic acids is 2. The van der Waals surface area contributed by atoms with Gasteiger partial charge in [0, 0.05) is 17.4 Å². The highest BCUT2D eigenvalue weighted by Crippen LogP contribution is 2.73. The summed E-state index contributed by atoms with van der Waals surface area (Å²) in [4.78, 5) is 25.4. The van der Waals surface area contributed by atoms with Crippen LogP contribution in [0.1, 0.15) is 120 Å². The van der Waals surface area contributed by atoms with Crippen LogP contribution < -0.4 is 0 Å². The molecule has 0 aliphatic heterocycles. The molecule has 3 unspecified atom stereocenters. The van der Waals surface area contributed by atoms with Crippen molar-refractivity contribution in [3.8, 4) is 0 Å². The lowest BCUT2D eigenvalue weighted by Gasteiger charge is -2.70. The molecule has 0 radical (unpaired) electrons. The maximum Gasteiger partial charge on any atom is 0.333 e. The molecule has 4 fully saturated rings. The van der Waals surface area contributed by atoms with E-state index in [9.17, 15) is 30.0 Å². The van der Waals surface area contributed by atoms with Crippen molar-refractivity contribution < 1.29 is 39.5 Å². The number of rotatable bonds is 11. The first-order valence-electron chi connectivity index (χ1n) is 18.6. The summed E-state index contributed by atoms with van der Waals surface area (Å²) in [6, 6.07) is 0. The van der Waals surface area contributed by atoms with E-state index < -0.39 is 46.6 Å². The lowest BCUT2D eigenvalue weighted by atomic mass is 9.35. The van der Waals surface area contributed by atoms with Gasteiger partial charge in [-0.15, -0.1) is 13.2 Å². The van der Waals surface area contributed by atoms with Gasteiger partial charge in [0.05, 0.1) is 36.4 Å². The normalized spacial score (nSPS) is 45.0. The molecular weight excluding hydrogens is 620 g/mol. The summed E-state index contributed by atoms with van der Waals surface area (Å²) < 4.78 is 11.7. The number of allylic oxidation sites excluding steroid dienone is 3. The van der Waals surface area contributed by atoms with E-state index in [1.807, 2.05) is 26.8 Å². The summed E-state index contributed by atoms with van der Waals surface area (Å²) in [5, 5.41) is 47.0. The number of hydrogen-bond acceptors (Lipinski definition) is 8. The van der Waals surface area contributed by atoms with E-state index in [-0.39, 0.29) is 59.6 Å². The van der Waals surface area contributed by atoms with Crippen LogP contribution in [0.15, 0.2) is 37.0 Å². The van der Waals surface area contributed by atoms with Gasteiger partial charge in [0.15, 0.2) is 0 Å². The van der Waals surface area contributed by atoms with Crippen LogP contribution in [-0.2, 0) is 19.1 Å². The highest BCUT2D eigenvalue weighted by molar-refractivity contribution is 5.87. The van der Waals surface area contributed by atoms with Gasteiger partial charge in [0.1, 0.15) is 6.61 Å². The molecule has 0 spiro atoms. The summed E-state index contributed by atoms with van der Waals surface area (Å²) in [6.45, 7) is 24.5. The van der Waals surface area contributed by atoms with Crippen LogP contribution in [0.4, 0.5) is 0 Å². The lowest BCUT2D eigenvalue weighted by Crippen LogP contribution is -2.70. The summed E-state index contributed by atoms with van der Waals surface area (Å²) >= 11 is 0. The number of aliphatic hydroxyl groups excluding tert-OH is 4. The van der Waals surface area contributed by atoms with Crippen LogP contribution in [0.2, 0.25) is 0 Å². The lowest BCUT2D eigenvalue weighted by molar-refractivity contribution is -0.277. The summed E-state index contributed by atoms with van der Waals surface area (Å²) in [7, 11) is 0. The summed E-state index contributed by atoms with van der Waals surface area (Å²) in [6.07, 6.45) is 7.67. The third-order valence-corrected chi connectivity index (χ3v) is 15.1. The number of esters is 2. The van der Waals surface area contributed by atoms with Crippen molar-refractivity contribution in [2.45, 2.75) is 144 Å². The van der Waals surface area contributed by atoms with E-state index in [0.717, 1.165) is 25.7 Å². The van der Waals surface area contributed by atoms with E-state index in [2.05, 4.69) is 40.9 Å². The molecule has 0 aromatic carbocycles. The quantitative estimate of drug-likeness (QED) is 0.107. The van der Waals surface area contributed by atoms with Gasteiger partial charge in [-0.2, -0.15) is 0 Å². The standard InChI is InChI=1S/C41H66O8/c1-11-14-16-32(44)48-25-41-27(21-36(5,6)33(45)34(41)46)22-37(7,23-31(41)43)40(10)20-17-28-38(8,29(40)15-12-2)19-18-30(42)39(28,9)24-49-35(47)26(4)13-3/h11-13,27-31,33-34,42-43,45-46H,1-2,14-25H2,3-10H3/t27?,28?,29?,30-,31+,33-,34-,37-,38-,39+,40+,41-/m0/s1. The Morgan fingerprint density at radius 1 is 0.837 bits per heavy atom. The van der Waals surface area contributed by atoms with Gasteiger partial charge in [0.2, 0.25) is 0 Å². The van der Waals surface area contributed by atoms with E-state index in [0.29, 0.717) is 37.7 Å². The molecule has 4 saturated carbocycles. The fourth-order valence-electron chi connectivity index (χ4n) is 11.6. The second-order valence-corrected chi connectivity index (χ2v) is 18.1. The molecule has 4 N–H and O–H groups in total. The monoisotopic (exact) mass is 686 g/mol. The molecule has 0 saturated heterocycles. The topological polar surface area (TPSA) is 134 Å². The first-order chi connectivity index (χ1) is 22.7. The fourth-order valence-corrected chi connectivity index (χ4v) is 11.6. The zero-order valence-electron chi connectivity index (χ0n) is 31.6. The molecule has 8 nitrogen and oxygen atoms in total. The molecule has 0 heterocycles. The van der Waals surface area contributed by atoms with Crippen LogP contribution in [0, 0.1) is 50.2 Å². The zero-order chi connectivity index (χ0) is 36.8. The van der Waals surface area contributed by atoms with Gasteiger partial charge in [-0.05, 0) is 111 Å². The molecule has 0 amide bonds. The maximum absolute atomic E-state index is 12.7. The van der Waals surface area contributed by atoms with Crippen LogP contribution >= 0.6 is 0 Å². The third kappa shape index (κ3) is 6.51. The number of aliphatic hydroxyl groups is 4. The Morgan fingerprint density at radius 3 is 2.12 bits per heavy atom. The van der Waals surface area contributed by atoms with E-state index in [1.54, 1.807) is 19.1 Å². The second kappa shape index (κ2) is 14.2. The second-order valence-electron chi connectivity index (χ2n) is 18.1. The Morgan fingerprint density at radius 2 is 1.51 bits per heavy atom. The Bertz CT molecular complexity index is 1290. The van der Waals surface area contributed by atoms with Crippen molar-refractivity contribution in [2.24, 2.45) is 50.2 Å². The largest absolute Gasteiger partial charge is 0.465 e. The average molecular weight is 687 g/mol. The first kappa shape index (κ1) is 39.8.